The maximum Gasteiger partial charge on any atom is 0.317 e. The molecule has 0 aliphatic rings. The van der Waals surface area contributed by atoms with Crippen LogP contribution in [0.3, 0.4) is 0 Å². The van der Waals surface area contributed by atoms with Crippen LogP contribution in [0.25, 0.3) is 0 Å². The number of carbonyl (C=O) groups is 3. The Balaban J connectivity index is 4.32. The molecule has 0 aromatic heterocycles. The van der Waals surface area contributed by atoms with Crippen LogP contribution in [0.5, 0.6) is 0 Å². The summed E-state index contributed by atoms with van der Waals surface area (Å²) in [4.78, 5) is 35.3. The van der Waals surface area contributed by atoms with E-state index in [0.29, 0.717) is 13.0 Å². The Bertz CT molecular complexity index is 320. The van der Waals surface area contributed by atoms with Crippen LogP contribution in [0.4, 0.5) is 4.79 Å². The van der Waals surface area contributed by atoms with Gasteiger partial charge in [-0.15, -0.1) is 0 Å². The van der Waals surface area contributed by atoms with E-state index < -0.39 is 17.9 Å². The van der Waals surface area contributed by atoms with E-state index in [1.54, 1.807) is 6.92 Å². The third-order valence-corrected chi connectivity index (χ3v) is 2.77. The summed E-state index contributed by atoms with van der Waals surface area (Å²) >= 11 is 0. The van der Waals surface area contributed by atoms with Crippen molar-refractivity contribution in [3.05, 3.63) is 0 Å². The monoisotopic (exact) mass is 273 g/mol. The Hall–Kier alpha value is -1.79. The van der Waals surface area contributed by atoms with Gasteiger partial charge in [-0.05, 0) is 13.3 Å². The molecule has 19 heavy (non-hydrogen) atoms. The van der Waals surface area contributed by atoms with Crippen LogP contribution in [0.1, 0.15) is 26.7 Å². The predicted octanol–water partition coefficient (Wildman–Crippen LogP) is 0.265. The van der Waals surface area contributed by atoms with E-state index in [2.05, 4.69) is 10.6 Å². The quantitative estimate of drug-likeness (QED) is 0.591. The molecular formula is C12H23N3O4. The fraction of sp³-hybridized carbons (Fsp3) is 0.750. The summed E-state index contributed by atoms with van der Waals surface area (Å²) in [6.45, 7) is 4.06. The molecule has 0 aromatic rings. The minimum Gasteiger partial charge on any atom is -0.481 e. The van der Waals surface area contributed by atoms with Crippen molar-refractivity contribution in [2.45, 2.75) is 26.7 Å². The number of carboxylic acids is 1. The summed E-state index contributed by atoms with van der Waals surface area (Å²) in [6.07, 6.45) is 1.25. The van der Waals surface area contributed by atoms with Crippen LogP contribution >= 0.6 is 0 Å². The molecule has 3 amide bonds. The van der Waals surface area contributed by atoms with Gasteiger partial charge in [-0.3, -0.25) is 9.59 Å². The molecular weight excluding hydrogens is 250 g/mol. The lowest BCUT2D eigenvalue weighted by Crippen LogP contribution is -2.46. The van der Waals surface area contributed by atoms with E-state index in [9.17, 15) is 14.4 Å². The average molecular weight is 273 g/mol. The van der Waals surface area contributed by atoms with Crippen LogP contribution in [-0.4, -0.2) is 54.6 Å². The van der Waals surface area contributed by atoms with Gasteiger partial charge in [0.15, 0.2) is 0 Å². The van der Waals surface area contributed by atoms with Crippen molar-refractivity contribution in [1.82, 2.24) is 15.5 Å². The highest BCUT2D eigenvalue weighted by Gasteiger charge is 2.20. The first-order valence-corrected chi connectivity index (χ1v) is 6.42. The highest BCUT2D eigenvalue weighted by atomic mass is 16.4. The molecule has 0 spiro atoms. The minimum absolute atomic E-state index is 0.0374. The highest BCUT2D eigenvalue weighted by molar-refractivity contribution is 5.84. The lowest BCUT2D eigenvalue weighted by Gasteiger charge is -2.21. The fourth-order valence-electron chi connectivity index (χ4n) is 1.56. The number of urea groups is 1. The number of carbonyl (C=O) groups excluding carboxylic acids is 2. The zero-order valence-corrected chi connectivity index (χ0v) is 11.7. The smallest absolute Gasteiger partial charge is 0.317 e. The number of carboxylic acid groups (broad SMARTS) is 1. The second-order valence-corrected chi connectivity index (χ2v) is 4.20. The van der Waals surface area contributed by atoms with E-state index in [0.717, 1.165) is 6.42 Å². The Morgan fingerprint density at radius 2 is 1.89 bits per heavy atom. The molecule has 0 heterocycles. The summed E-state index contributed by atoms with van der Waals surface area (Å²) in [7, 11) is 1.50. The van der Waals surface area contributed by atoms with Gasteiger partial charge in [0.25, 0.3) is 0 Å². The van der Waals surface area contributed by atoms with Crippen molar-refractivity contribution in [3.63, 3.8) is 0 Å². The van der Waals surface area contributed by atoms with Crippen LogP contribution < -0.4 is 10.6 Å². The molecule has 0 fully saturated rings. The van der Waals surface area contributed by atoms with Gasteiger partial charge in [-0.2, -0.15) is 0 Å². The molecule has 110 valence electrons. The number of aliphatic carboxylic acids is 1. The standard InChI is InChI=1S/C12H23N3O4/c1-4-6-9(11(17)18)7-14-12(19)15(5-2)8-10(16)13-3/h9H,4-8H2,1-3H3,(H,13,16)(H,14,19)(H,17,18). The summed E-state index contributed by atoms with van der Waals surface area (Å²) in [5.41, 5.74) is 0. The number of nitrogens with one attached hydrogen (secondary N) is 2. The fourth-order valence-corrected chi connectivity index (χ4v) is 1.56. The minimum atomic E-state index is -0.920. The molecule has 7 nitrogen and oxygen atoms in total. The largest absolute Gasteiger partial charge is 0.481 e. The summed E-state index contributed by atoms with van der Waals surface area (Å²) in [5, 5.41) is 14.0. The first-order valence-electron chi connectivity index (χ1n) is 6.42. The highest BCUT2D eigenvalue weighted by Crippen LogP contribution is 2.05. The predicted molar refractivity (Wildman–Crippen MR) is 70.7 cm³/mol. The zero-order chi connectivity index (χ0) is 14.8. The second kappa shape index (κ2) is 9.18. The van der Waals surface area contributed by atoms with Crippen molar-refractivity contribution in [2.75, 3.05) is 26.7 Å². The van der Waals surface area contributed by atoms with Gasteiger partial charge >= 0.3 is 12.0 Å². The van der Waals surface area contributed by atoms with Gasteiger partial charge in [-0.25, -0.2) is 4.79 Å². The Labute approximate surface area is 113 Å². The second-order valence-electron chi connectivity index (χ2n) is 4.20. The van der Waals surface area contributed by atoms with Gasteiger partial charge in [0.05, 0.1) is 5.92 Å². The van der Waals surface area contributed by atoms with Crippen molar-refractivity contribution >= 4 is 17.9 Å². The molecule has 0 saturated heterocycles. The molecule has 0 aliphatic carbocycles. The van der Waals surface area contributed by atoms with Crippen LogP contribution in [0, 0.1) is 5.92 Å². The van der Waals surface area contributed by atoms with Gasteiger partial charge < -0.3 is 20.6 Å². The van der Waals surface area contributed by atoms with E-state index >= 15 is 0 Å². The van der Waals surface area contributed by atoms with Crippen molar-refractivity contribution in [1.29, 1.82) is 0 Å². The first kappa shape index (κ1) is 17.2. The lowest BCUT2D eigenvalue weighted by molar-refractivity contribution is -0.141. The number of hydrogen-bond donors (Lipinski definition) is 3. The Morgan fingerprint density at radius 1 is 1.26 bits per heavy atom. The van der Waals surface area contributed by atoms with E-state index in [-0.39, 0.29) is 19.0 Å². The molecule has 7 heteroatoms. The van der Waals surface area contributed by atoms with Crippen LogP contribution in [-0.2, 0) is 9.59 Å². The maximum atomic E-state index is 11.8. The van der Waals surface area contributed by atoms with Gasteiger partial charge in [-0.1, -0.05) is 13.3 Å². The molecule has 0 bridgehead atoms. The molecule has 1 atom stereocenters. The summed E-state index contributed by atoms with van der Waals surface area (Å²) < 4.78 is 0. The van der Waals surface area contributed by atoms with Gasteiger partial charge in [0, 0.05) is 20.1 Å². The molecule has 1 unspecified atom stereocenters. The number of hydrogen-bond acceptors (Lipinski definition) is 3. The number of rotatable bonds is 8. The Morgan fingerprint density at radius 3 is 2.32 bits per heavy atom. The van der Waals surface area contributed by atoms with Gasteiger partial charge in [0.2, 0.25) is 5.91 Å². The SMILES string of the molecule is CCCC(CNC(=O)N(CC)CC(=O)NC)C(=O)O. The summed E-state index contributed by atoms with van der Waals surface area (Å²) in [6, 6.07) is -0.423. The number of nitrogens with zero attached hydrogens (tertiary/aromatic N) is 1. The maximum absolute atomic E-state index is 11.8. The van der Waals surface area contributed by atoms with Crippen LogP contribution in [0.2, 0.25) is 0 Å². The number of likely N-dealkylation sites (N-methyl/N-ethyl adjacent to an activating group) is 2. The molecule has 0 saturated carbocycles. The molecule has 0 aromatic carbocycles. The zero-order valence-electron chi connectivity index (χ0n) is 11.7. The third kappa shape index (κ3) is 6.64. The van der Waals surface area contributed by atoms with E-state index in [1.165, 1.54) is 11.9 Å². The lowest BCUT2D eigenvalue weighted by atomic mass is 10.0. The first-order chi connectivity index (χ1) is 8.96. The third-order valence-electron chi connectivity index (χ3n) is 2.77. The number of amides is 3. The molecule has 0 radical (unpaired) electrons. The van der Waals surface area contributed by atoms with Crippen LogP contribution in [0.15, 0.2) is 0 Å². The Kier molecular flexibility index (Phi) is 8.32. The van der Waals surface area contributed by atoms with E-state index in [4.69, 9.17) is 5.11 Å². The van der Waals surface area contributed by atoms with Crippen molar-refractivity contribution in [3.8, 4) is 0 Å². The molecule has 0 rings (SSSR count). The van der Waals surface area contributed by atoms with E-state index in [1.807, 2.05) is 6.92 Å². The normalized spacial score (nSPS) is 11.5. The van der Waals surface area contributed by atoms with Crippen molar-refractivity contribution < 1.29 is 19.5 Å². The summed E-state index contributed by atoms with van der Waals surface area (Å²) in [5.74, 6) is -1.77. The van der Waals surface area contributed by atoms with Crippen molar-refractivity contribution in [2.24, 2.45) is 5.92 Å². The van der Waals surface area contributed by atoms with Gasteiger partial charge in [0.1, 0.15) is 6.54 Å². The molecule has 0 aliphatic heterocycles. The topological polar surface area (TPSA) is 98.7 Å². The molecule has 3 N–H and O–H groups in total. The average Bonchev–Trinajstić information content (AvgIpc) is 2.39.